The van der Waals surface area contributed by atoms with Crippen molar-refractivity contribution in [1.29, 1.82) is 0 Å². The molecule has 0 fully saturated rings. The third-order valence-electron chi connectivity index (χ3n) is 2.53. The molecule has 0 aromatic carbocycles. The van der Waals surface area contributed by atoms with Gasteiger partial charge < -0.3 is 15.2 Å². The van der Waals surface area contributed by atoms with Gasteiger partial charge in [0.2, 0.25) is 5.91 Å². The number of aliphatic hydroxyl groups is 1. The average molecular weight is 217 g/mol. The second-order valence-electron chi connectivity index (χ2n) is 4.19. The largest absolute Gasteiger partial charge is 0.394 e. The number of ether oxygens (including phenoxy) is 1. The van der Waals surface area contributed by atoms with Gasteiger partial charge in [0.05, 0.1) is 18.8 Å². The van der Waals surface area contributed by atoms with Crippen molar-refractivity contribution < 1.29 is 14.6 Å². The molecule has 90 valence electrons. The Morgan fingerprint density at radius 3 is 2.40 bits per heavy atom. The fraction of sp³-hybridized carbons (Fsp3) is 0.909. The number of carbonyl (C=O) groups excluding carboxylic acids is 1. The number of rotatable bonds is 7. The van der Waals surface area contributed by atoms with Crippen LogP contribution in [-0.4, -0.2) is 36.9 Å². The van der Waals surface area contributed by atoms with E-state index in [9.17, 15) is 4.79 Å². The van der Waals surface area contributed by atoms with Crippen molar-refractivity contribution in [3.63, 3.8) is 0 Å². The number of nitrogens with one attached hydrogen (secondary N) is 1. The van der Waals surface area contributed by atoms with Crippen molar-refractivity contribution in [3.8, 4) is 0 Å². The van der Waals surface area contributed by atoms with Crippen LogP contribution in [0.2, 0.25) is 0 Å². The zero-order valence-corrected chi connectivity index (χ0v) is 10.1. The Kier molecular flexibility index (Phi) is 7.34. The molecule has 0 saturated carbocycles. The maximum atomic E-state index is 11.5. The van der Waals surface area contributed by atoms with Crippen LogP contribution in [0.15, 0.2) is 0 Å². The van der Waals surface area contributed by atoms with Crippen LogP contribution in [0.25, 0.3) is 0 Å². The van der Waals surface area contributed by atoms with Gasteiger partial charge in [-0.2, -0.15) is 0 Å². The molecule has 0 aromatic rings. The normalized spacial score (nSPS) is 15.1. The summed E-state index contributed by atoms with van der Waals surface area (Å²) < 4.78 is 5.05. The molecule has 0 radical (unpaired) electrons. The first-order chi connectivity index (χ1) is 7.01. The van der Waals surface area contributed by atoms with Crippen LogP contribution in [0.1, 0.15) is 33.6 Å². The maximum absolute atomic E-state index is 11.5. The van der Waals surface area contributed by atoms with Gasteiger partial charge in [-0.05, 0) is 19.3 Å². The standard InChI is InChI=1S/C11H23NO3/c1-8(2)10(7-13)12-11(14)6-5-9(3)15-4/h8-10,13H,5-7H2,1-4H3,(H,12,14)/t9?,10-/m1/s1. The van der Waals surface area contributed by atoms with Gasteiger partial charge in [-0.25, -0.2) is 0 Å². The van der Waals surface area contributed by atoms with E-state index in [0.717, 1.165) is 0 Å². The van der Waals surface area contributed by atoms with E-state index in [-0.39, 0.29) is 30.6 Å². The van der Waals surface area contributed by atoms with Crippen LogP contribution < -0.4 is 5.32 Å². The highest BCUT2D eigenvalue weighted by molar-refractivity contribution is 5.76. The monoisotopic (exact) mass is 217 g/mol. The van der Waals surface area contributed by atoms with Gasteiger partial charge in [-0.3, -0.25) is 4.79 Å². The Hall–Kier alpha value is -0.610. The number of amides is 1. The molecule has 0 saturated heterocycles. The SMILES string of the molecule is COC(C)CCC(=O)N[C@H](CO)C(C)C. The molecule has 0 bridgehead atoms. The summed E-state index contributed by atoms with van der Waals surface area (Å²) in [5.74, 6) is 0.227. The lowest BCUT2D eigenvalue weighted by Gasteiger charge is -2.20. The summed E-state index contributed by atoms with van der Waals surface area (Å²) in [6.07, 6.45) is 1.25. The predicted octanol–water partition coefficient (Wildman–Crippen LogP) is 0.935. The van der Waals surface area contributed by atoms with Gasteiger partial charge in [0.15, 0.2) is 0 Å². The summed E-state index contributed by atoms with van der Waals surface area (Å²) in [5, 5.41) is 11.8. The molecule has 4 nitrogen and oxygen atoms in total. The summed E-state index contributed by atoms with van der Waals surface area (Å²) >= 11 is 0. The summed E-state index contributed by atoms with van der Waals surface area (Å²) in [5.41, 5.74) is 0. The molecule has 0 aliphatic rings. The average Bonchev–Trinajstić information content (AvgIpc) is 2.21. The first kappa shape index (κ1) is 14.4. The van der Waals surface area contributed by atoms with Crippen molar-refractivity contribution in [3.05, 3.63) is 0 Å². The Labute approximate surface area is 92.0 Å². The van der Waals surface area contributed by atoms with E-state index in [1.165, 1.54) is 0 Å². The van der Waals surface area contributed by atoms with E-state index in [2.05, 4.69) is 5.32 Å². The number of aliphatic hydroxyl groups excluding tert-OH is 1. The quantitative estimate of drug-likeness (QED) is 0.667. The van der Waals surface area contributed by atoms with Crippen LogP contribution in [-0.2, 0) is 9.53 Å². The molecule has 2 atom stereocenters. The molecule has 4 heteroatoms. The summed E-state index contributed by atoms with van der Waals surface area (Å²) in [6.45, 7) is 5.86. The molecule has 0 aliphatic carbocycles. The van der Waals surface area contributed by atoms with E-state index in [4.69, 9.17) is 9.84 Å². The van der Waals surface area contributed by atoms with Crippen LogP contribution >= 0.6 is 0 Å². The second-order valence-corrected chi connectivity index (χ2v) is 4.19. The summed E-state index contributed by atoms with van der Waals surface area (Å²) in [4.78, 5) is 11.5. The van der Waals surface area contributed by atoms with Gasteiger partial charge in [0.1, 0.15) is 0 Å². The van der Waals surface area contributed by atoms with Crippen molar-refractivity contribution in [1.82, 2.24) is 5.32 Å². The van der Waals surface area contributed by atoms with E-state index >= 15 is 0 Å². The smallest absolute Gasteiger partial charge is 0.220 e. The van der Waals surface area contributed by atoms with Gasteiger partial charge in [-0.15, -0.1) is 0 Å². The van der Waals surface area contributed by atoms with E-state index in [0.29, 0.717) is 12.8 Å². The lowest BCUT2D eigenvalue weighted by Crippen LogP contribution is -2.41. The van der Waals surface area contributed by atoms with Crippen molar-refractivity contribution in [2.45, 2.75) is 45.8 Å². The predicted molar refractivity (Wildman–Crippen MR) is 59.6 cm³/mol. The number of carbonyl (C=O) groups is 1. The van der Waals surface area contributed by atoms with Crippen molar-refractivity contribution in [2.24, 2.45) is 5.92 Å². The zero-order valence-electron chi connectivity index (χ0n) is 10.1. The molecule has 15 heavy (non-hydrogen) atoms. The Bertz CT molecular complexity index is 183. The topological polar surface area (TPSA) is 58.6 Å². The lowest BCUT2D eigenvalue weighted by atomic mass is 10.1. The fourth-order valence-electron chi connectivity index (χ4n) is 1.15. The molecular weight excluding hydrogens is 194 g/mol. The van der Waals surface area contributed by atoms with Gasteiger partial charge in [-0.1, -0.05) is 13.8 Å². The highest BCUT2D eigenvalue weighted by atomic mass is 16.5. The molecule has 1 unspecified atom stereocenters. The Balaban J connectivity index is 3.81. The highest BCUT2D eigenvalue weighted by Crippen LogP contribution is 2.03. The third kappa shape index (κ3) is 6.47. The van der Waals surface area contributed by atoms with Crippen molar-refractivity contribution >= 4 is 5.91 Å². The minimum atomic E-state index is -0.143. The van der Waals surface area contributed by atoms with Crippen molar-refractivity contribution in [2.75, 3.05) is 13.7 Å². The molecule has 0 rings (SSSR count). The summed E-state index contributed by atoms with van der Waals surface area (Å²) in [6, 6.07) is -0.143. The Morgan fingerprint density at radius 1 is 1.40 bits per heavy atom. The second kappa shape index (κ2) is 7.65. The van der Waals surface area contributed by atoms with Gasteiger partial charge >= 0.3 is 0 Å². The molecule has 1 amide bonds. The first-order valence-corrected chi connectivity index (χ1v) is 5.44. The maximum Gasteiger partial charge on any atom is 0.220 e. The van der Waals surface area contributed by atoms with Gasteiger partial charge in [0, 0.05) is 13.5 Å². The first-order valence-electron chi connectivity index (χ1n) is 5.44. The van der Waals surface area contributed by atoms with Gasteiger partial charge in [0.25, 0.3) is 0 Å². The molecule has 0 spiro atoms. The number of methoxy groups -OCH3 is 1. The van der Waals surface area contributed by atoms with E-state index in [1.807, 2.05) is 20.8 Å². The van der Waals surface area contributed by atoms with Crippen LogP contribution in [0.4, 0.5) is 0 Å². The lowest BCUT2D eigenvalue weighted by molar-refractivity contribution is -0.123. The zero-order chi connectivity index (χ0) is 11.8. The third-order valence-corrected chi connectivity index (χ3v) is 2.53. The molecule has 0 aromatic heterocycles. The number of hydrogen-bond donors (Lipinski definition) is 2. The van der Waals surface area contributed by atoms with Crippen LogP contribution in [0.5, 0.6) is 0 Å². The summed E-state index contributed by atoms with van der Waals surface area (Å²) in [7, 11) is 1.63. The minimum Gasteiger partial charge on any atom is -0.394 e. The fourth-order valence-corrected chi connectivity index (χ4v) is 1.15. The highest BCUT2D eigenvalue weighted by Gasteiger charge is 2.15. The molecular formula is C11H23NO3. The van der Waals surface area contributed by atoms with Crippen LogP contribution in [0.3, 0.4) is 0 Å². The molecule has 0 aliphatic heterocycles. The van der Waals surface area contributed by atoms with E-state index < -0.39 is 0 Å². The minimum absolute atomic E-state index is 0.0107. The molecule has 0 heterocycles. The Morgan fingerprint density at radius 2 is 2.00 bits per heavy atom. The molecule has 2 N–H and O–H groups in total. The number of hydrogen-bond acceptors (Lipinski definition) is 3. The van der Waals surface area contributed by atoms with E-state index in [1.54, 1.807) is 7.11 Å². The van der Waals surface area contributed by atoms with Crippen LogP contribution in [0, 0.1) is 5.92 Å².